The normalized spacial score (nSPS) is 11.4. The van der Waals surface area contributed by atoms with Crippen molar-refractivity contribution in [2.24, 2.45) is 0 Å². The first-order valence-corrected chi connectivity index (χ1v) is 6.34. The van der Waals surface area contributed by atoms with Gasteiger partial charge >= 0.3 is 0 Å². The lowest BCUT2D eigenvalue weighted by Gasteiger charge is -2.17. The van der Waals surface area contributed by atoms with Crippen molar-refractivity contribution in [3.63, 3.8) is 0 Å². The summed E-state index contributed by atoms with van der Waals surface area (Å²) in [5.74, 6) is 0. The van der Waals surface area contributed by atoms with Crippen LogP contribution in [0.2, 0.25) is 5.02 Å². The maximum Gasteiger partial charge on any atom is 0.0740 e. The van der Waals surface area contributed by atoms with Gasteiger partial charge in [-0.2, -0.15) is 0 Å². The van der Waals surface area contributed by atoms with Gasteiger partial charge in [0.15, 0.2) is 0 Å². The van der Waals surface area contributed by atoms with E-state index in [9.17, 15) is 0 Å². The number of para-hydroxylation sites is 1. The van der Waals surface area contributed by atoms with Crippen LogP contribution in [0.5, 0.6) is 0 Å². The molecular weight excluding hydrogens is 248 g/mol. The van der Waals surface area contributed by atoms with Gasteiger partial charge in [0.05, 0.1) is 22.8 Å². The van der Waals surface area contributed by atoms with Gasteiger partial charge in [-0.25, -0.2) is 4.98 Å². The predicted molar refractivity (Wildman–Crippen MR) is 74.9 cm³/mol. The molecule has 0 unspecified atom stereocenters. The third kappa shape index (κ3) is 2.64. The quantitative estimate of drug-likeness (QED) is 0.922. The van der Waals surface area contributed by atoms with Gasteiger partial charge in [-0.05, 0) is 25.6 Å². The van der Waals surface area contributed by atoms with E-state index in [1.807, 2.05) is 43.1 Å². The van der Waals surface area contributed by atoms with Crippen LogP contribution in [0.1, 0.15) is 11.3 Å². The predicted octanol–water partition coefficient (Wildman–Crippen LogP) is 2.62. The molecule has 96 valence electrons. The van der Waals surface area contributed by atoms with Crippen molar-refractivity contribution in [2.75, 3.05) is 20.2 Å². The molecule has 0 radical (unpaired) electrons. The topological polar surface area (TPSA) is 36.4 Å². The summed E-state index contributed by atoms with van der Waals surface area (Å²) in [5.41, 5.74) is 2.89. The smallest absolute Gasteiger partial charge is 0.0740 e. The second kappa shape index (κ2) is 5.65. The van der Waals surface area contributed by atoms with Crippen LogP contribution < -0.4 is 0 Å². The van der Waals surface area contributed by atoms with Crippen molar-refractivity contribution in [2.45, 2.75) is 13.5 Å². The summed E-state index contributed by atoms with van der Waals surface area (Å²) in [6.07, 6.45) is 0. The molecule has 1 aromatic carbocycles. The minimum Gasteiger partial charge on any atom is -0.395 e. The number of nitrogens with zero attached hydrogens (tertiary/aromatic N) is 2. The van der Waals surface area contributed by atoms with E-state index < -0.39 is 0 Å². The van der Waals surface area contributed by atoms with E-state index in [4.69, 9.17) is 16.7 Å². The van der Waals surface area contributed by atoms with Crippen LogP contribution in [0, 0.1) is 6.92 Å². The average Bonchev–Trinajstić information content (AvgIpc) is 2.36. The van der Waals surface area contributed by atoms with Gasteiger partial charge in [0.2, 0.25) is 0 Å². The van der Waals surface area contributed by atoms with E-state index in [0.717, 1.165) is 27.2 Å². The Kier molecular flexibility index (Phi) is 4.17. The van der Waals surface area contributed by atoms with Gasteiger partial charge in [-0.3, -0.25) is 4.90 Å². The largest absolute Gasteiger partial charge is 0.395 e. The Bertz CT molecular complexity index is 557. The molecule has 2 rings (SSSR count). The average molecular weight is 265 g/mol. The fourth-order valence-corrected chi connectivity index (χ4v) is 2.23. The summed E-state index contributed by atoms with van der Waals surface area (Å²) in [6, 6.07) is 7.99. The zero-order valence-corrected chi connectivity index (χ0v) is 11.4. The number of aromatic nitrogens is 1. The fourth-order valence-electron chi connectivity index (χ4n) is 2.03. The van der Waals surface area contributed by atoms with E-state index in [2.05, 4.69) is 4.98 Å². The van der Waals surface area contributed by atoms with Crippen molar-refractivity contribution >= 4 is 22.5 Å². The first-order chi connectivity index (χ1) is 8.63. The fraction of sp³-hybridized carbons (Fsp3) is 0.357. The van der Waals surface area contributed by atoms with Gasteiger partial charge in [0, 0.05) is 18.5 Å². The van der Waals surface area contributed by atoms with Gasteiger partial charge in [-0.15, -0.1) is 0 Å². The number of fused-ring (bicyclic) bond motifs is 1. The first-order valence-electron chi connectivity index (χ1n) is 5.96. The molecule has 0 aliphatic carbocycles. The highest BCUT2D eigenvalue weighted by atomic mass is 35.5. The lowest BCUT2D eigenvalue weighted by molar-refractivity contribution is 0.216. The number of benzene rings is 1. The summed E-state index contributed by atoms with van der Waals surface area (Å²) >= 11 is 6.36. The highest BCUT2D eigenvalue weighted by Gasteiger charge is 2.11. The highest BCUT2D eigenvalue weighted by Crippen LogP contribution is 2.27. The number of aliphatic hydroxyl groups excluding tert-OH is 1. The van der Waals surface area contributed by atoms with Gasteiger partial charge < -0.3 is 5.11 Å². The highest BCUT2D eigenvalue weighted by molar-refractivity contribution is 6.32. The van der Waals surface area contributed by atoms with Crippen LogP contribution in [0.25, 0.3) is 10.9 Å². The number of pyridine rings is 1. The zero-order chi connectivity index (χ0) is 13.1. The minimum atomic E-state index is 0.140. The maximum absolute atomic E-state index is 8.92. The number of hydrogen-bond donors (Lipinski definition) is 1. The molecule has 0 amide bonds. The van der Waals surface area contributed by atoms with Crippen LogP contribution in [0.3, 0.4) is 0 Å². The van der Waals surface area contributed by atoms with E-state index in [0.29, 0.717) is 13.1 Å². The molecule has 0 spiro atoms. The Labute approximate surface area is 112 Å². The lowest BCUT2D eigenvalue weighted by atomic mass is 10.1. The van der Waals surface area contributed by atoms with Crippen LogP contribution in [-0.2, 0) is 6.54 Å². The van der Waals surface area contributed by atoms with Crippen molar-refractivity contribution in [1.82, 2.24) is 9.88 Å². The van der Waals surface area contributed by atoms with Crippen molar-refractivity contribution in [3.05, 3.63) is 40.5 Å². The number of rotatable bonds is 4. The van der Waals surface area contributed by atoms with Crippen LogP contribution in [0.4, 0.5) is 0 Å². The van der Waals surface area contributed by atoms with E-state index in [1.165, 1.54) is 0 Å². The van der Waals surface area contributed by atoms with E-state index in [-0.39, 0.29) is 6.61 Å². The maximum atomic E-state index is 8.92. The molecule has 18 heavy (non-hydrogen) atoms. The van der Waals surface area contributed by atoms with Crippen LogP contribution >= 0.6 is 11.6 Å². The minimum absolute atomic E-state index is 0.140. The molecule has 0 bridgehead atoms. The SMILES string of the molecule is Cc1c(Cl)c(CN(C)CCO)nc2ccccc12. The van der Waals surface area contributed by atoms with E-state index >= 15 is 0 Å². The van der Waals surface area contributed by atoms with Gasteiger partial charge in [0.25, 0.3) is 0 Å². The number of halogens is 1. The molecule has 0 aliphatic heterocycles. The molecule has 2 aromatic rings. The summed E-state index contributed by atoms with van der Waals surface area (Å²) in [6.45, 7) is 3.41. The Morgan fingerprint density at radius 3 is 2.78 bits per heavy atom. The zero-order valence-electron chi connectivity index (χ0n) is 10.7. The number of hydrogen-bond acceptors (Lipinski definition) is 3. The van der Waals surface area contributed by atoms with Crippen molar-refractivity contribution in [3.8, 4) is 0 Å². The van der Waals surface area contributed by atoms with Gasteiger partial charge in [-0.1, -0.05) is 29.8 Å². The monoisotopic (exact) mass is 264 g/mol. The second-order valence-electron chi connectivity index (χ2n) is 4.48. The Morgan fingerprint density at radius 2 is 2.06 bits per heavy atom. The Hall–Kier alpha value is -1.16. The Balaban J connectivity index is 2.42. The molecule has 1 aromatic heterocycles. The molecule has 3 nitrogen and oxygen atoms in total. The molecule has 0 fully saturated rings. The standard InChI is InChI=1S/C14H17ClN2O/c1-10-11-5-3-4-6-12(11)16-13(14(10)15)9-17(2)7-8-18/h3-6,18H,7-9H2,1-2H3. The molecule has 1 heterocycles. The lowest BCUT2D eigenvalue weighted by Crippen LogP contribution is -2.22. The summed E-state index contributed by atoms with van der Waals surface area (Å²) < 4.78 is 0. The van der Waals surface area contributed by atoms with Gasteiger partial charge in [0.1, 0.15) is 0 Å². The number of aliphatic hydroxyl groups is 1. The second-order valence-corrected chi connectivity index (χ2v) is 4.85. The Morgan fingerprint density at radius 1 is 1.33 bits per heavy atom. The molecule has 0 saturated heterocycles. The van der Waals surface area contributed by atoms with Crippen LogP contribution in [-0.4, -0.2) is 35.2 Å². The molecule has 0 saturated carbocycles. The third-order valence-electron chi connectivity index (χ3n) is 3.05. The first kappa shape index (κ1) is 13.3. The number of likely N-dealkylation sites (N-methyl/N-ethyl adjacent to an activating group) is 1. The van der Waals surface area contributed by atoms with E-state index in [1.54, 1.807) is 0 Å². The summed E-state index contributed by atoms with van der Waals surface area (Å²) in [4.78, 5) is 6.60. The molecule has 4 heteroatoms. The summed E-state index contributed by atoms with van der Waals surface area (Å²) in [7, 11) is 1.94. The molecule has 0 atom stereocenters. The molecule has 1 N–H and O–H groups in total. The van der Waals surface area contributed by atoms with Crippen LogP contribution in [0.15, 0.2) is 24.3 Å². The molecular formula is C14H17ClN2O. The summed E-state index contributed by atoms with van der Waals surface area (Å²) in [5, 5.41) is 10.7. The van der Waals surface area contributed by atoms with Crippen molar-refractivity contribution in [1.29, 1.82) is 0 Å². The number of aryl methyl sites for hydroxylation is 1. The van der Waals surface area contributed by atoms with Crippen molar-refractivity contribution < 1.29 is 5.11 Å². The third-order valence-corrected chi connectivity index (χ3v) is 3.55. The molecule has 0 aliphatic rings.